The summed E-state index contributed by atoms with van der Waals surface area (Å²) in [4.78, 5) is 8.49. The van der Waals surface area contributed by atoms with Crippen LogP contribution >= 0.6 is 11.3 Å². The molecule has 0 spiro atoms. The lowest BCUT2D eigenvalue weighted by Crippen LogP contribution is -2.16. The van der Waals surface area contributed by atoms with Gasteiger partial charge in [-0.15, -0.1) is 24.5 Å². The Bertz CT molecular complexity index is 854. The summed E-state index contributed by atoms with van der Waals surface area (Å²) in [6, 6.07) is 11.5. The van der Waals surface area contributed by atoms with Gasteiger partial charge in [0.2, 0.25) is 0 Å². The van der Waals surface area contributed by atoms with E-state index in [1.807, 2.05) is 18.2 Å². The summed E-state index contributed by atoms with van der Waals surface area (Å²) >= 11 is 1.48. The van der Waals surface area contributed by atoms with Gasteiger partial charge in [-0.05, 0) is 42.0 Å². The fourth-order valence-corrected chi connectivity index (χ4v) is 3.05. The van der Waals surface area contributed by atoms with Crippen molar-refractivity contribution < 1.29 is 17.9 Å². The highest BCUT2D eigenvalue weighted by Gasteiger charge is 2.30. The highest BCUT2D eigenvalue weighted by atomic mass is 32.1. The fraction of sp³-hybridized carbons (Fsp3) is 0.125. The molecule has 2 aromatic carbocycles. The molecule has 0 saturated heterocycles. The zero-order chi connectivity index (χ0) is 16.4. The Balaban J connectivity index is 1.90. The molecule has 0 unspecified atom stereocenters. The maximum atomic E-state index is 12.2. The van der Waals surface area contributed by atoms with E-state index >= 15 is 0 Å². The van der Waals surface area contributed by atoms with Gasteiger partial charge in [0, 0.05) is 18.8 Å². The molecule has 1 aromatic heterocycles. The van der Waals surface area contributed by atoms with Crippen LogP contribution in [0.15, 0.2) is 47.5 Å². The van der Waals surface area contributed by atoms with Crippen LogP contribution in [0, 0.1) is 0 Å². The molecule has 0 N–H and O–H groups in total. The Kier molecular flexibility index (Phi) is 4.04. The average Bonchev–Trinajstić information content (AvgIpc) is 2.90. The third kappa shape index (κ3) is 3.68. The molecule has 0 amide bonds. The van der Waals surface area contributed by atoms with Crippen molar-refractivity contribution in [3.63, 3.8) is 0 Å². The molecule has 3 aromatic rings. The number of hydrogen-bond acceptors (Lipinski definition) is 4. The maximum Gasteiger partial charge on any atom is 0.573 e. The zero-order valence-corrected chi connectivity index (χ0v) is 12.8. The van der Waals surface area contributed by atoms with Crippen molar-refractivity contribution in [2.24, 2.45) is 4.99 Å². The van der Waals surface area contributed by atoms with Crippen LogP contribution in [0.1, 0.15) is 5.56 Å². The van der Waals surface area contributed by atoms with E-state index in [9.17, 15) is 13.2 Å². The first kappa shape index (κ1) is 15.5. The largest absolute Gasteiger partial charge is 0.573 e. The molecule has 0 aliphatic rings. The van der Waals surface area contributed by atoms with Gasteiger partial charge in [-0.3, -0.25) is 4.99 Å². The number of nitrogens with zero attached hydrogens (tertiary/aromatic N) is 2. The number of rotatable bonds is 3. The number of aromatic nitrogens is 1. The number of thiazole rings is 1. The lowest BCUT2D eigenvalue weighted by molar-refractivity contribution is -0.274. The van der Waals surface area contributed by atoms with E-state index in [1.54, 1.807) is 25.4 Å². The third-order valence-corrected chi connectivity index (χ3v) is 4.11. The van der Waals surface area contributed by atoms with Crippen LogP contribution < -0.4 is 4.74 Å². The predicted octanol–water partition coefficient (Wildman–Crippen LogP) is 4.91. The molecular formula is C16H11F3N2OS. The van der Waals surface area contributed by atoms with E-state index in [0.717, 1.165) is 26.4 Å². The normalized spacial score (nSPS) is 12.2. The molecule has 3 rings (SSSR count). The number of fused-ring (bicyclic) bond motifs is 1. The summed E-state index contributed by atoms with van der Waals surface area (Å²) in [5.74, 6) is -0.246. The van der Waals surface area contributed by atoms with Gasteiger partial charge in [0.05, 0.1) is 10.2 Å². The first-order valence-electron chi connectivity index (χ1n) is 6.63. The molecule has 0 saturated carbocycles. The number of benzene rings is 2. The van der Waals surface area contributed by atoms with Crippen molar-refractivity contribution in [1.82, 2.24) is 4.98 Å². The minimum atomic E-state index is -4.69. The number of halogens is 3. The van der Waals surface area contributed by atoms with Crippen molar-refractivity contribution in [1.29, 1.82) is 0 Å². The Morgan fingerprint density at radius 2 is 1.87 bits per heavy atom. The average molecular weight is 336 g/mol. The Hall–Kier alpha value is -2.41. The lowest BCUT2D eigenvalue weighted by atomic mass is 10.2. The summed E-state index contributed by atoms with van der Waals surface area (Å²) in [6.45, 7) is 0. The highest BCUT2D eigenvalue weighted by Crippen LogP contribution is 2.32. The van der Waals surface area contributed by atoms with E-state index in [0.29, 0.717) is 0 Å². The molecule has 3 nitrogen and oxygen atoms in total. The SMILES string of the molecule is CN=Cc1ccc2sc(-c3ccc(OC(F)(F)F)cc3)nc2c1. The summed E-state index contributed by atoms with van der Waals surface area (Å²) in [6.07, 6.45) is -2.95. The molecule has 0 radical (unpaired) electrons. The highest BCUT2D eigenvalue weighted by molar-refractivity contribution is 7.21. The van der Waals surface area contributed by atoms with E-state index < -0.39 is 6.36 Å². The number of hydrogen-bond donors (Lipinski definition) is 0. The van der Waals surface area contributed by atoms with Gasteiger partial charge in [0.15, 0.2) is 0 Å². The van der Waals surface area contributed by atoms with Crippen LogP contribution in [0.2, 0.25) is 0 Å². The molecule has 0 aliphatic heterocycles. The van der Waals surface area contributed by atoms with Gasteiger partial charge in [-0.25, -0.2) is 4.98 Å². The lowest BCUT2D eigenvalue weighted by Gasteiger charge is -2.08. The molecule has 0 fully saturated rings. The quantitative estimate of drug-likeness (QED) is 0.637. The van der Waals surface area contributed by atoms with Crippen molar-refractivity contribution in [3.05, 3.63) is 48.0 Å². The van der Waals surface area contributed by atoms with E-state index in [-0.39, 0.29) is 5.75 Å². The van der Waals surface area contributed by atoms with Crippen molar-refractivity contribution in [3.8, 4) is 16.3 Å². The maximum absolute atomic E-state index is 12.2. The standard InChI is InChI=1S/C16H11F3N2OS/c1-20-9-10-2-7-14-13(8-10)21-15(23-14)11-3-5-12(6-4-11)22-16(17,18)19/h2-9H,1H3. The molecule has 0 aliphatic carbocycles. The topological polar surface area (TPSA) is 34.5 Å². The van der Waals surface area contributed by atoms with Crippen LogP contribution in [0.5, 0.6) is 5.75 Å². The van der Waals surface area contributed by atoms with Crippen LogP contribution in [0.3, 0.4) is 0 Å². The minimum Gasteiger partial charge on any atom is -0.406 e. The van der Waals surface area contributed by atoms with E-state index in [2.05, 4.69) is 14.7 Å². The summed E-state index contributed by atoms with van der Waals surface area (Å²) in [5.41, 5.74) is 2.52. The number of alkyl halides is 3. The zero-order valence-electron chi connectivity index (χ0n) is 12.0. The molecule has 1 heterocycles. The molecule has 118 valence electrons. The fourth-order valence-electron chi connectivity index (χ4n) is 2.10. The molecular weight excluding hydrogens is 325 g/mol. The second-order valence-electron chi connectivity index (χ2n) is 4.71. The van der Waals surface area contributed by atoms with Crippen LogP contribution in [-0.2, 0) is 0 Å². The Labute approximate surface area is 134 Å². The number of ether oxygens (including phenoxy) is 1. The number of aliphatic imine (C=N–C) groups is 1. The minimum absolute atomic E-state index is 0.246. The van der Waals surface area contributed by atoms with Gasteiger partial charge in [0.1, 0.15) is 10.8 Å². The van der Waals surface area contributed by atoms with Gasteiger partial charge in [-0.1, -0.05) is 6.07 Å². The van der Waals surface area contributed by atoms with Crippen molar-refractivity contribution >= 4 is 27.8 Å². The first-order chi connectivity index (χ1) is 10.9. The molecule has 0 atom stereocenters. The van der Waals surface area contributed by atoms with E-state index in [4.69, 9.17) is 0 Å². The third-order valence-electron chi connectivity index (χ3n) is 3.02. The molecule has 7 heteroatoms. The van der Waals surface area contributed by atoms with Gasteiger partial charge in [-0.2, -0.15) is 0 Å². The Morgan fingerprint density at radius 1 is 1.13 bits per heavy atom. The second kappa shape index (κ2) is 6.00. The van der Waals surface area contributed by atoms with Crippen LogP contribution in [0.4, 0.5) is 13.2 Å². The van der Waals surface area contributed by atoms with E-state index in [1.165, 1.54) is 23.5 Å². The van der Waals surface area contributed by atoms with Gasteiger partial charge in [0.25, 0.3) is 0 Å². The van der Waals surface area contributed by atoms with Crippen LogP contribution in [0.25, 0.3) is 20.8 Å². The van der Waals surface area contributed by atoms with Gasteiger partial charge >= 0.3 is 6.36 Å². The van der Waals surface area contributed by atoms with Crippen LogP contribution in [-0.4, -0.2) is 24.6 Å². The monoisotopic (exact) mass is 336 g/mol. The first-order valence-corrected chi connectivity index (χ1v) is 7.45. The van der Waals surface area contributed by atoms with Crippen molar-refractivity contribution in [2.45, 2.75) is 6.36 Å². The molecule has 0 bridgehead atoms. The molecule has 23 heavy (non-hydrogen) atoms. The smallest absolute Gasteiger partial charge is 0.406 e. The predicted molar refractivity (Wildman–Crippen MR) is 85.3 cm³/mol. The Morgan fingerprint density at radius 3 is 2.52 bits per heavy atom. The summed E-state index contributed by atoms with van der Waals surface area (Å²) in [7, 11) is 1.70. The second-order valence-corrected chi connectivity index (χ2v) is 5.74. The summed E-state index contributed by atoms with van der Waals surface area (Å²) in [5, 5.41) is 0.740. The summed E-state index contributed by atoms with van der Waals surface area (Å²) < 4.78 is 41.4. The van der Waals surface area contributed by atoms with Crippen molar-refractivity contribution in [2.75, 3.05) is 7.05 Å². The van der Waals surface area contributed by atoms with Gasteiger partial charge < -0.3 is 4.74 Å².